The molecule has 0 saturated carbocycles. The second-order valence-electron chi connectivity index (χ2n) is 3.75. The van der Waals surface area contributed by atoms with E-state index in [2.05, 4.69) is 13.8 Å². The van der Waals surface area contributed by atoms with Gasteiger partial charge in [-0.15, -0.1) is 0 Å². The van der Waals surface area contributed by atoms with Crippen LogP contribution in [-0.2, 0) is 21.7 Å². The molecule has 0 fully saturated rings. The molecule has 8 heteroatoms. The maximum atomic E-state index is 6.05. The van der Waals surface area contributed by atoms with E-state index in [0.29, 0.717) is 19.8 Å². The van der Waals surface area contributed by atoms with Gasteiger partial charge in [0.2, 0.25) is 0 Å². The van der Waals surface area contributed by atoms with Crippen LogP contribution in [0.1, 0.15) is 47.5 Å². The van der Waals surface area contributed by atoms with Gasteiger partial charge in [-0.2, -0.15) is 0 Å². The monoisotopic (exact) mass is 377 g/mol. The highest BCUT2D eigenvalue weighted by atomic mass is 33.8. The SMILES string of the molecule is CCCSS[S+](SCCC)[Si](OCC)(OCC)OCC. The molecule has 0 amide bonds. The zero-order chi connectivity index (χ0) is 15.3. The van der Waals surface area contributed by atoms with Crippen molar-refractivity contribution in [3.05, 3.63) is 0 Å². The minimum atomic E-state index is -2.58. The van der Waals surface area contributed by atoms with Crippen LogP contribution >= 0.6 is 31.4 Å². The number of hydrogen-bond donors (Lipinski definition) is 0. The van der Waals surface area contributed by atoms with Gasteiger partial charge in [0.05, 0.1) is 10.8 Å². The Hall–Kier alpha value is 1.50. The van der Waals surface area contributed by atoms with Crippen LogP contribution in [0.25, 0.3) is 0 Å². The van der Waals surface area contributed by atoms with Crippen LogP contribution in [0.3, 0.4) is 0 Å². The summed E-state index contributed by atoms with van der Waals surface area (Å²) in [7, 11) is 3.15. The Kier molecular flexibility index (Phi) is 15.2. The summed E-state index contributed by atoms with van der Waals surface area (Å²) >= 11 is 0. The van der Waals surface area contributed by atoms with Crippen molar-refractivity contribution in [2.75, 3.05) is 31.3 Å². The van der Waals surface area contributed by atoms with Crippen LogP contribution in [0.2, 0.25) is 0 Å². The normalized spacial score (nSPS) is 13.7. The average Bonchev–Trinajstić information content (AvgIpc) is 2.43. The summed E-state index contributed by atoms with van der Waals surface area (Å²) < 4.78 is 18.2. The molecule has 0 heterocycles. The van der Waals surface area contributed by atoms with E-state index < -0.39 is 7.95 Å². The van der Waals surface area contributed by atoms with Crippen molar-refractivity contribution in [1.29, 1.82) is 0 Å². The summed E-state index contributed by atoms with van der Waals surface area (Å²) in [5.74, 6) is 2.29. The lowest BCUT2D eigenvalue weighted by molar-refractivity contribution is 0.0966. The van der Waals surface area contributed by atoms with Gasteiger partial charge >= 0.3 is 7.95 Å². The molecular weight excluding hydrogens is 348 g/mol. The lowest BCUT2D eigenvalue weighted by atomic mass is 10.6. The molecule has 1 unspecified atom stereocenters. The van der Waals surface area contributed by atoms with E-state index in [9.17, 15) is 0 Å². The summed E-state index contributed by atoms with van der Waals surface area (Å²) in [4.78, 5) is 0. The van der Waals surface area contributed by atoms with Crippen LogP contribution < -0.4 is 0 Å². The summed E-state index contributed by atoms with van der Waals surface area (Å²) in [6.07, 6.45) is 2.36. The third-order valence-corrected chi connectivity index (χ3v) is 21.4. The first-order chi connectivity index (χ1) is 9.70. The van der Waals surface area contributed by atoms with Gasteiger partial charge in [0.1, 0.15) is 0 Å². The van der Waals surface area contributed by atoms with Gasteiger partial charge in [-0.3, -0.25) is 0 Å². The molecule has 122 valence electrons. The molecule has 0 aliphatic heterocycles. The van der Waals surface area contributed by atoms with Crippen LogP contribution in [0, 0.1) is 0 Å². The van der Waals surface area contributed by atoms with Crippen molar-refractivity contribution in [3.8, 4) is 0 Å². The standard InChI is InChI=1S/C12H29O3S4Si/c1-6-11-16-18-19(17-12-7-2)20(13-8-3,14-9-4)15-10-5/h6-12H2,1-5H3/q+1. The van der Waals surface area contributed by atoms with E-state index in [0.717, 1.165) is 11.5 Å². The Morgan fingerprint density at radius 3 is 1.70 bits per heavy atom. The largest absolute Gasteiger partial charge is 0.808 e. The highest BCUT2D eigenvalue weighted by Crippen LogP contribution is 2.45. The quantitative estimate of drug-likeness (QED) is 0.185. The molecule has 0 aromatic rings. The summed E-state index contributed by atoms with van der Waals surface area (Å²) in [5, 5.41) is 0. The zero-order valence-corrected chi connectivity index (χ0v) is 17.6. The maximum Gasteiger partial charge on any atom is 0.808 e. The first kappa shape index (κ1) is 21.5. The molecule has 0 aromatic carbocycles. The lowest BCUT2D eigenvalue weighted by Gasteiger charge is -2.23. The Morgan fingerprint density at radius 2 is 1.30 bits per heavy atom. The average molecular weight is 378 g/mol. The van der Waals surface area contributed by atoms with Crippen molar-refractivity contribution in [2.24, 2.45) is 0 Å². The first-order valence-corrected chi connectivity index (χ1v) is 15.3. The van der Waals surface area contributed by atoms with Gasteiger partial charge in [0.15, 0.2) is 18.2 Å². The van der Waals surface area contributed by atoms with Crippen LogP contribution in [-0.4, -0.2) is 39.3 Å². The Morgan fingerprint density at radius 1 is 0.800 bits per heavy atom. The molecule has 0 aliphatic rings. The fraction of sp³-hybridized carbons (Fsp3) is 1.00. The highest BCUT2D eigenvalue weighted by Gasteiger charge is 2.66. The smallest absolute Gasteiger partial charge is 0.331 e. The second-order valence-corrected chi connectivity index (χ2v) is 17.7. The lowest BCUT2D eigenvalue weighted by Crippen LogP contribution is -2.51. The minimum absolute atomic E-state index is 0.0534. The molecule has 0 aromatic heterocycles. The topological polar surface area (TPSA) is 27.7 Å². The van der Waals surface area contributed by atoms with Gasteiger partial charge < -0.3 is 13.3 Å². The van der Waals surface area contributed by atoms with Gasteiger partial charge in [0.25, 0.3) is 0 Å². The zero-order valence-electron chi connectivity index (χ0n) is 13.3. The molecule has 1 atom stereocenters. The van der Waals surface area contributed by atoms with Crippen molar-refractivity contribution in [1.82, 2.24) is 0 Å². The van der Waals surface area contributed by atoms with Crippen molar-refractivity contribution in [2.45, 2.75) is 47.5 Å². The van der Waals surface area contributed by atoms with Gasteiger partial charge in [-0.05, 0) is 44.4 Å². The number of rotatable bonds is 14. The molecule has 0 spiro atoms. The molecule has 0 radical (unpaired) electrons. The third-order valence-electron chi connectivity index (χ3n) is 1.96. The Balaban J connectivity index is 4.90. The van der Waals surface area contributed by atoms with E-state index in [1.54, 1.807) is 0 Å². The van der Waals surface area contributed by atoms with Crippen LogP contribution in [0.5, 0.6) is 0 Å². The number of hydrogen-bond acceptors (Lipinski definition) is 6. The van der Waals surface area contributed by atoms with E-state index in [1.165, 1.54) is 12.8 Å². The fourth-order valence-electron chi connectivity index (χ4n) is 1.25. The summed E-state index contributed by atoms with van der Waals surface area (Å²) in [6.45, 7) is 12.5. The predicted molar refractivity (Wildman–Crippen MR) is 101 cm³/mol. The molecular formula is C12H29O3S4Si+. The molecule has 0 bridgehead atoms. The third kappa shape index (κ3) is 8.21. The molecule has 0 N–H and O–H groups in total. The summed E-state index contributed by atoms with van der Waals surface area (Å²) in [5.41, 5.74) is 0. The van der Waals surface area contributed by atoms with E-state index in [1.807, 2.05) is 52.2 Å². The van der Waals surface area contributed by atoms with Gasteiger partial charge in [0, 0.05) is 31.3 Å². The Labute approximate surface area is 139 Å². The maximum absolute atomic E-state index is 6.05. The van der Waals surface area contributed by atoms with E-state index >= 15 is 0 Å². The van der Waals surface area contributed by atoms with Gasteiger partial charge in [-0.1, -0.05) is 13.8 Å². The predicted octanol–water partition coefficient (Wildman–Crippen LogP) is 4.91. The van der Waals surface area contributed by atoms with Crippen LogP contribution in [0.15, 0.2) is 0 Å². The molecule has 0 saturated heterocycles. The molecule has 0 aliphatic carbocycles. The fourth-order valence-corrected chi connectivity index (χ4v) is 21.8. The first-order valence-electron chi connectivity index (χ1n) is 7.30. The second kappa shape index (κ2) is 14.1. The van der Waals surface area contributed by atoms with Crippen molar-refractivity contribution < 1.29 is 13.3 Å². The van der Waals surface area contributed by atoms with E-state index in [4.69, 9.17) is 13.3 Å². The molecule has 3 nitrogen and oxygen atoms in total. The minimum Gasteiger partial charge on any atom is -0.331 e. The summed E-state index contributed by atoms with van der Waals surface area (Å²) in [6, 6.07) is 0. The van der Waals surface area contributed by atoms with E-state index in [-0.39, 0.29) is 8.41 Å². The molecule has 20 heavy (non-hydrogen) atoms. The highest BCUT2D eigenvalue weighted by molar-refractivity contribution is 9.29. The van der Waals surface area contributed by atoms with Crippen molar-refractivity contribution in [3.63, 3.8) is 0 Å². The van der Waals surface area contributed by atoms with Crippen molar-refractivity contribution >= 4 is 47.8 Å². The van der Waals surface area contributed by atoms with Gasteiger partial charge in [-0.25, -0.2) is 0 Å². The molecule has 0 rings (SSSR count). The Bertz CT molecular complexity index is 208. The van der Waals surface area contributed by atoms with Crippen LogP contribution in [0.4, 0.5) is 0 Å².